The number of benzene rings is 1. The molecule has 0 radical (unpaired) electrons. The molecule has 4 heterocycles. The molecule has 3 aliphatic carbocycles. The monoisotopic (exact) mass is 480 g/mol. The minimum Gasteiger partial charge on any atom is -0.461 e. The highest BCUT2D eigenvalue weighted by Gasteiger charge is 2.94. The largest absolute Gasteiger partial charge is 0.461 e. The van der Waals surface area contributed by atoms with Gasteiger partial charge in [0.15, 0.2) is 18.4 Å². The molecule has 11 atom stereocenters. The van der Waals surface area contributed by atoms with Crippen LogP contribution in [0.3, 0.4) is 0 Å². The van der Waals surface area contributed by atoms with Crippen molar-refractivity contribution in [2.75, 3.05) is 13.2 Å². The van der Waals surface area contributed by atoms with Gasteiger partial charge in [-0.1, -0.05) is 18.2 Å². The maximum Gasteiger partial charge on any atom is 0.338 e. The van der Waals surface area contributed by atoms with Gasteiger partial charge >= 0.3 is 5.97 Å². The van der Waals surface area contributed by atoms with Crippen LogP contribution >= 0.6 is 0 Å². The first-order valence-electron chi connectivity index (χ1n) is 11.4. The molecule has 1 aromatic carbocycles. The SMILES string of the molecule is CC12CC3(O)OC(O1)C1(COC(=O)c4ccccc4)[C@@H]3CC21O[C@@H]1O[C@@H](CO)[C@@H](O)[C@@H](O)[C@H]1O. The second kappa shape index (κ2) is 7.19. The summed E-state index contributed by atoms with van der Waals surface area (Å²) in [5, 5.41) is 51.7. The van der Waals surface area contributed by atoms with Crippen LogP contribution in [-0.4, -0.2) is 98.7 Å². The van der Waals surface area contributed by atoms with E-state index in [0.717, 1.165) is 0 Å². The van der Waals surface area contributed by atoms with Crippen LogP contribution in [0.15, 0.2) is 30.3 Å². The Bertz CT molecular complexity index is 988. The lowest BCUT2D eigenvalue weighted by Gasteiger charge is -2.67. The fourth-order valence-electron chi connectivity index (χ4n) is 6.87. The lowest BCUT2D eigenvalue weighted by Crippen LogP contribution is -2.80. The number of ether oxygens (including phenoxy) is 5. The van der Waals surface area contributed by atoms with Gasteiger partial charge in [-0.2, -0.15) is 0 Å². The van der Waals surface area contributed by atoms with Crippen LogP contribution in [0.4, 0.5) is 0 Å². The van der Waals surface area contributed by atoms with Gasteiger partial charge in [-0.15, -0.1) is 0 Å². The first-order chi connectivity index (χ1) is 16.1. The zero-order valence-electron chi connectivity index (χ0n) is 18.4. The van der Waals surface area contributed by atoms with Crippen molar-refractivity contribution >= 4 is 5.97 Å². The molecule has 186 valence electrons. The summed E-state index contributed by atoms with van der Waals surface area (Å²) in [6.45, 7) is 0.985. The molecule has 11 nitrogen and oxygen atoms in total. The van der Waals surface area contributed by atoms with Crippen LogP contribution < -0.4 is 0 Å². The Kier molecular flexibility index (Phi) is 4.81. The van der Waals surface area contributed by atoms with E-state index in [-0.39, 0.29) is 19.4 Å². The maximum atomic E-state index is 12.7. The molecular weight excluding hydrogens is 452 g/mol. The summed E-state index contributed by atoms with van der Waals surface area (Å²) in [5.74, 6) is -2.49. The van der Waals surface area contributed by atoms with Gasteiger partial charge in [-0.3, -0.25) is 0 Å². The van der Waals surface area contributed by atoms with Crippen molar-refractivity contribution in [1.82, 2.24) is 0 Å². The smallest absolute Gasteiger partial charge is 0.338 e. The Morgan fingerprint density at radius 1 is 1.12 bits per heavy atom. The van der Waals surface area contributed by atoms with Gasteiger partial charge in [0, 0.05) is 12.3 Å². The number of hydrogen-bond acceptors (Lipinski definition) is 11. The Balaban J connectivity index is 1.32. The lowest BCUT2D eigenvalue weighted by atomic mass is 9.41. The van der Waals surface area contributed by atoms with Gasteiger partial charge in [-0.25, -0.2) is 4.79 Å². The second-order valence-electron chi connectivity index (χ2n) is 10.2. The predicted octanol–water partition coefficient (Wildman–Crippen LogP) is -1.36. The molecule has 4 saturated heterocycles. The third kappa shape index (κ3) is 2.59. The van der Waals surface area contributed by atoms with E-state index in [2.05, 4.69) is 0 Å². The molecule has 5 N–H and O–H groups in total. The normalized spacial score (nSPS) is 52.5. The summed E-state index contributed by atoms with van der Waals surface area (Å²) < 4.78 is 29.7. The van der Waals surface area contributed by atoms with Crippen molar-refractivity contribution in [3.63, 3.8) is 0 Å². The van der Waals surface area contributed by atoms with Crippen LogP contribution in [0.1, 0.15) is 30.1 Å². The van der Waals surface area contributed by atoms with Gasteiger partial charge in [0.1, 0.15) is 42.2 Å². The molecule has 7 fully saturated rings. The highest BCUT2D eigenvalue weighted by molar-refractivity contribution is 5.89. The van der Waals surface area contributed by atoms with E-state index in [4.69, 9.17) is 23.7 Å². The third-order valence-corrected chi connectivity index (χ3v) is 8.57. The van der Waals surface area contributed by atoms with Crippen LogP contribution in [0, 0.1) is 11.3 Å². The molecule has 0 amide bonds. The maximum absolute atomic E-state index is 12.7. The van der Waals surface area contributed by atoms with Crippen LogP contribution in [-0.2, 0) is 23.7 Å². The van der Waals surface area contributed by atoms with Crippen molar-refractivity contribution in [2.24, 2.45) is 11.3 Å². The molecule has 0 spiro atoms. The molecule has 0 aromatic heterocycles. The lowest BCUT2D eigenvalue weighted by molar-refractivity contribution is -0.424. The number of carbonyl (C=O) groups excluding carboxylic acids is 1. The van der Waals surface area contributed by atoms with E-state index in [1.807, 2.05) is 0 Å². The average Bonchev–Trinajstić information content (AvgIpc) is 3.00. The number of aliphatic hydroxyl groups is 5. The Morgan fingerprint density at radius 3 is 2.56 bits per heavy atom. The standard InChI is InChI=1S/C23H28O11/c1-20-9-22(29)13-7-23(20,32-18-16(27)15(26)14(25)12(8-24)31-18)21(13,19(33-20)34-22)10-30-17(28)11-5-3-2-4-6-11/h2-6,12-16,18-19,24-27,29H,7-10H2,1H3/t12-,13-,14+,15+,16+,18-,19?,20?,21?,22?,23?/m0/s1. The zero-order chi connectivity index (χ0) is 24.1. The van der Waals surface area contributed by atoms with Gasteiger partial charge in [0.25, 0.3) is 0 Å². The van der Waals surface area contributed by atoms with Crippen molar-refractivity contribution < 1.29 is 54.0 Å². The number of rotatable bonds is 6. The van der Waals surface area contributed by atoms with Crippen LogP contribution in [0.5, 0.6) is 0 Å². The summed E-state index contributed by atoms with van der Waals surface area (Å²) in [7, 11) is 0. The number of aliphatic hydroxyl groups excluding tert-OH is 4. The van der Waals surface area contributed by atoms with Gasteiger partial charge in [-0.05, 0) is 25.5 Å². The van der Waals surface area contributed by atoms with Crippen molar-refractivity contribution in [3.8, 4) is 0 Å². The van der Waals surface area contributed by atoms with E-state index in [9.17, 15) is 30.3 Å². The first kappa shape index (κ1) is 22.8. The Hall–Kier alpha value is -1.67. The molecule has 11 heteroatoms. The number of esters is 1. The number of hydrogen-bond donors (Lipinski definition) is 5. The van der Waals surface area contributed by atoms with E-state index < -0.39 is 77.9 Å². The minimum atomic E-state index is -1.61. The molecule has 6 bridgehead atoms. The third-order valence-electron chi connectivity index (χ3n) is 8.57. The fourth-order valence-corrected chi connectivity index (χ4v) is 6.87. The quantitative estimate of drug-likeness (QED) is 0.306. The summed E-state index contributed by atoms with van der Waals surface area (Å²) in [6.07, 6.45) is -7.87. The van der Waals surface area contributed by atoms with Crippen LogP contribution in [0.25, 0.3) is 0 Å². The molecule has 7 aliphatic rings. The molecule has 1 aromatic rings. The van der Waals surface area contributed by atoms with Crippen molar-refractivity contribution in [2.45, 2.75) is 73.8 Å². The fraction of sp³-hybridized carbons (Fsp3) is 0.696. The minimum absolute atomic E-state index is 0.0902. The number of carbonyl (C=O) groups is 1. The second-order valence-corrected chi connectivity index (χ2v) is 10.2. The summed E-state index contributed by atoms with van der Waals surface area (Å²) in [4.78, 5) is 12.7. The Labute approximate surface area is 194 Å². The Morgan fingerprint density at radius 2 is 1.85 bits per heavy atom. The molecule has 5 unspecified atom stereocenters. The van der Waals surface area contributed by atoms with Gasteiger partial charge < -0.3 is 49.2 Å². The summed E-state index contributed by atoms with van der Waals surface area (Å²) >= 11 is 0. The molecule has 8 rings (SSSR count). The van der Waals surface area contributed by atoms with E-state index >= 15 is 0 Å². The van der Waals surface area contributed by atoms with Gasteiger partial charge in [0.05, 0.1) is 17.6 Å². The molecule has 3 saturated carbocycles. The summed E-state index contributed by atoms with van der Waals surface area (Å²) in [5.41, 5.74) is -2.99. The van der Waals surface area contributed by atoms with E-state index in [0.29, 0.717) is 5.56 Å². The van der Waals surface area contributed by atoms with Gasteiger partial charge in [0.2, 0.25) is 0 Å². The molecule has 34 heavy (non-hydrogen) atoms. The van der Waals surface area contributed by atoms with Crippen molar-refractivity contribution in [1.29, 1.82) is 0 Å². The first-order valence-corrected chi connectivity index (χ1v) is 11.4. The summed E-state index contributed by atoms with van der Waals surface area (Å²) in [6, 6.07) is 8.47. The highest BCUT2D eigenvalue weighted by Crippen LogP contribution is 2.81. The van der Waals surface area contributed by atoms with E-state index in [1.54, 1.807) is 37.3 Å². The molecule has 4 aliphatic heterocycles. The predicted molar refractivity (Wildman–Crippen MR) is 109 cm³/mol. The van der Waals surface area contributed by atoms with E-state index in [1.165, 1.54) is 0 Å². The topological polar surface area (TPSA) is 164 Å². The van der Waals surface area contributed by atoms with Crippen LogP contribution in [0.2, 0.25) is 0 Å². The highest BCUT2D eigenvalue weighted by atomic mass is 16.8. The zero-order valence-corrected chi connectivity index (χ0v) is 18.4. The van der Waals surface area contributed by atoms with Crippen molar-refractivity contribution in [3.05, 3.63) is 35.9 Å². The molecular formula is C23H28O11. The average molecular weight is 480 g/mol.